The van der Waals surface area contributed by atoms with Gasteiger partial charge in [0, 0.05) is 6.20 Å². The lowest BCUT2D eigenvalue weighted by molar-refractivity contribution is -0.140. The van der Waals surface area contributed by atoms with Crippen LogP contribution < -0.4 is 5.73 Å². The van der Waals surface area contributed by atoms with Gasteiger partial charge in [-0.15, -0.1) is 0 Å². The van der Waals surface area contributed by atoms with Gasteiger partial charge in [-0.05, 0) is 6.92 Å². The first-order valence-electron chi connectivity index (χ1n) is 3.25. The minimum absolute atomic E-state index is 0.143. The van der Waals surface area contributed by atoms with Crippen molar-refractivity contribution in [1.82, 2.24) is 9.78 Å². The Balaban J connectivity index is 2.96. The van der Waals surface area contributed by atoms with E-state index in [0.29, 0.717) is 0 Å². The molecule has 0 saturated carbocycles. The summed E-state index contributed by atoms with van der Waals surface area (Å²) in [7, 11) is 0. The molecule has 0 fully saturated rings. The average Bonchev–Trinajstić information content (AvgIpc) is 2.30. The van der Waals surface area contributed by atoms with Crippen LogP contribution in [0.25, 0.3) is 0 Å². The highest BCUT2D eigenvalue weighted by atomic mass is 35.5. The Kier molecular flexibility index (Phi) is 2.23. The first kappa shape index (κ1) is 8.86. The normalized spacial score (nSPS) is 12.8. The van der Waals surface area contributed by atoms with E-state index in [9.17, 15) is 4.79 Å². The predicted molar refractivity (Wildman–Crippen MR) is 44.0 cm³/mol. The van der Waals surface area contributed by atoms with Crippen LogP contribution in [-0.2, 0) is 4.79 Å². The summed E-state index contributed by atoms with van der Waals surface area (Å²) in [5.74, 6) is -0.834. The molecule has 0 aliphatic heterocycles. The van der Waals surface area contributed by atoms with Crippen LogP contribution in [0.15, 0.2) is 6.20 Å². The second-order valence-corrected chi connectivity index (χ2v) is 2.76. The van der Waals surface area contributed by atoms with Gasteiger partial charge in [-0.3, -0.25) is 4.68 Å². The molecular weight excluding hydrogens is 182 g/mol. The van der Waals surface area contributed by atoms with Crippen molar-refractivity contribution in [2.75, 3.05) is 5.73 Å². The maximum atomic E-state index is 10.5. The number of nitrogen functional groups attached to an aromatic ring is 1. The number of carboxylic acid groups (broad SMARTS) is 1. The van der Waals surface area contributed by atoms with E-state index in [1.807, 2.05) is 0 Å². The Hall–Kier alpha value is -1.23. The third kappa shape index (κ3) is 1.50. The summed E-state index contributed by atoms with van der Waals surface area (Å²) in [4.78, 5) is 10.5. The summed E-state index contributed by atoms with van der Waals surface area (Å²) in [6, 6.07) is -0.750. The fraction of sp³-hybridized carbons (Fsp3) is 0.333. The molecule has 0 radical (unpaired) electrons. The maximum Gasteiger partial charge on any atom is 0.328 e. The highest BCUT2D eigenvalue weighted by molar-refractivity contribution is 6.32. The summed E-state index contributed by atoms with van der Waals surface area (Å²) < 4.78 is 1.21. The highest BCUT2D eigenvalue weighted by Crippen LogP contribution is 2.18. The van der Waals surface area contributed by atoms with Crippen LogP contribution in [0, 0.1) is 0 Å². The topological polar surface area (TPSA) is 81.1 Å². The Morgan fingerprint density at radius 3 is 2.83 bits per heavy atom. The molecule has 0 bridgehead atoms. The van der Waals surface area contributed by atoms with Crippen molar-refractivity contribution < 1.29 is 9.90 Å². The van der Waals surface area contributed by atoms with Gasteiger partial charge in [0.2, 0.25) is 0 Å². The van der Waals surface area contributed by atoms with Crippen LogP contribution in [0.4, 0.5) is 5.82 Å². The number of anilines is 1. The highest BCUT2D eigenvalue weighted by Gasteiger charge is 2.15. The number of aliphatic carboxylic acids is 1. The third-order valence-corrected chi connectivity index (χ3v) is 1.76. The van der Waals surface area contributed by atoms with Crippen LogP contribution in [-0.4, -0.2) is 20.9 Å². The minimum Gasteiger partial charge on any atom is -0.480 e. The van der Waals surface area contributed by atoms with Gasteiger partial charge in [-0.25, -0.2) is 4.79 Å². The first-order chi connectivity index (χ1) is 5.52. The first-order valence-corrected chi connectivity index (χ1v) is 3.63. The number of nitrogens with zero attached hydrogens (tertiary/aromatic N) is 2. The van der Waals surface area contributed by atoms with E-state index in [-0.39, 0.29) is 10.8 Å². The summed E-state index contributed by atoms with van der Waals surface area (Å²) in [6.07, 6.45) is 1.38. The summed E-state index contributed by atoms with van der Waals surface area (Å²) in [5.41, 5.74) is 5.32. The van der Waals surface area contributed by atoms with E-state index >= 15 is 0 Å². The Labute approximate surface area is 73.7 Å². The molecule has 0 aromatic carbocycles. The number of hydrogen-bond acceptors (Lipinski definition) is 3. The number of halogens is 1. The van der Waals surface area contributed by atoms with Crippen molar-refractivity contribution in [1.29, 1.82) is 0 Å². The second kappa shape index (κ2) is 3.02. The number of hydrogen-bond donors (Lipinski definition) is 2. The van der Waals surface area contributed by atoms with E-state index in [1.165, 1.54) is 17.8 Å². The van der Waals surface area contributed by atoms with Crippen LogP contribution >= 0.6 is 11.6 Å². The largest absolute Gasteiger partial charge is 0.480 e. The smallest absolute Gasteiger partial charge is 0.328 e. The quantitative estimate of drug-likeness (QED) is 0.720. The molecule has 6 heteroatoms. The summed E-state index contributed by atoms with van der Waals surface area (Å²) in [5, 5.41) is 12.6. The molecule has 1 unspecified atom stereocenters. The Morgan fingerprint density at radius 2 is 2.50 bits per heavy atom. The molecule has 0 amide bonds. The lowest BCUT2D eigenvalue weighted by Crippen LogP contribution is -2.16. The van der Waals surface area contributed by atoms with E-state index in [0.717, 1.165) is 0 Å². The average molecular weight is 190 g/mol. The number of rotatable bonds is 2. The van der Waals surface area contributed by atoms with Gasteiger partial charge in [0.15, 0.2) is 5.82 Å². The Bertz CT molecular complexity index is 290. The van der Waals surface area contributed by atoms with Crippen molar-refractivity contribution in [2.45, 2.75) is 13.0 Å². The standard InChI is InChI=1S/C6H8ClN3O2/c1-3(6(11)12)10-2-4(7)5(8)9-10/h2-3H,1H3,(H2,8,9)(H,11,12). The van der Waals surface area contributed by atoms with Crippen molar-refractivity contribution in [3.8, 4) is 0 Å². The maximum absolute atomic E-state index is 10.5. The van der Waals surface area contributed by atoms with Gasteiger partial charge in [0.25, 0.3) is 0 Å². The van der Waals surface area contributed by atoms with Crippen LogP contribution in [0.1, 0.15) is 13.0 Å². The number of nitrogens with two attached hydrogens (primary N) is 1. The Morgan fingerprint density at radius 1 is 1.92 bits per heavy atom. The van der Waals surface area contributed by atoms with Crippen molar-refractivity contribution in [3.05, 3.63) is 11.2 Å². The van der Waals surface area contributed by atoms with Crippen molar-refractivity contribution in [3.63, 3.8) is 0 Å². The number of aromatic nitrogens is 2. The molecule has 66 valence electrons. The van der Waals surface area contributed by atoms with E-state index in [1.54, 1.807) is 0 Å². The number of carboxylic acids is 1. The fourth-order valence-electron chi connectivity index (χ4n) is 0.695. The van der Waals surface area contributed by atoms with Crippen molar-refractivity contribution in [2.24, 2.45) is 0 Å². The SMILES string of the molecule is CC(C(=O)O)n1cc(Cl)c(N)n1. The lowest BCUT2D eigenvalue weighted by atomic mass is 10.4. The van der Waals surface area contributed by atoms with E-state index in [4.69, 9.17) is 22.4 Å². The van der Waals surface area contributed by atoms with Gasteiger partial charge in [0.1, 0.15) is 11.1 Å². The molecule has 1 heterocycles. The summed E-state index contributed by atoms with van der Waals surface area (Å²) in [6.45, 7) is 1.49. The van der Waals surface area contributed by atoms with Crippen LogP contribution in [0.3, 0.4) is 0 Å². The van der Waals surface area contributed by atoms with E-state index in [2.05, 4.69) is 5.10 Å². The molecule has 0 spiro atoms. The molecule has 1 aromatic heterocycles. The van der Waals surface area contributed by atoms with Gasteiger partial charge < -0.3 is 10.8 Å². The molecule has 1 atom stereocenters. The number of carbonyl (C=O) groups is 1. The summed E-state index contributed by atoms with van der Waals surface area (Å²) >= 11 is 5.58. The molecular formula is C6H8ClN3O2. The van der Waals surface area contributed by atoms with Gasteiger partial charge in [-0.2, -0.15) is 5.10 Å². The van der Waals surface area contributed by atoms with Crippen LogP contribution in [0.2, 0.25) is 5.02 Å². The van der Waals surface area contributed by atoms with Gasteiger partial charge in [0.05, 0.1) is 0 Å². The zero-order chi connectivity index (χ0) is 9.30. The monoisotopic (exact) mass is 189 g/mol. The van der Waals surface area contributed by atoms with Gasteiger partial charge in [-0.1, -0.05) is 11.6 Å². The molecule has 3 N–H and O–H groups in total. The molecule has 5 nitrogen and oxygen atoms in total. The van der Waals surface area contributed by atoms with Crippen molar-refractivity contribution >= 4 is 23.4 Å². The third-order valence-electron chi connectivity index (χ3n) is 1.47. The lowest BCUT2D eigenvalue weighted by Gasteiger charge is -2.04. The minimum atomic E-state index is -0.978. The molecule has 0 aliphatic carbocycles. The molecule has 0 aliphatic rings. The fourth-order valence-corrected chi connectivity index (χ4v) is 0.833. The zero-order valence-corrected chi connectivity index (χ0v) is 7.12. The molecule has 1 rings (SSSR count). The molecule has 1 aromatic rings. The zero-order valence-electron chi connectivity index (χ0n) is 6.36. The predicted octanol–water partition coefficient (Wildman–Crippen LogP) is 0.764. The molecule has 0 saturated heterocycles. The van der Waals surface area contributed by atoms with E-state index < -0.39 is 12.0 Å². The molecule has 12 heavy (non-hydrogen) atoms. The van der Waals surface area contributed by atoms with Crippen LogP contribution in [0.5, 0.6) is 0 Å². The second-order valence-electron chi connectivity index (χ2n) is 2.36. The van der Waals surface area contributed by atoms with Gasteiger partial charge >= 0.3 is 5.97 Å².